The molecular weight excluding hydrogens is 382 g/mol. The van der Waals surface area contributed by atoms with E-state index >= 15 is 0 Å². The molecule has 8 heteroatoms. The maximum Gasteiger partial charge on any atom is 0.250 e. The smallest absolute Gasteiger partial charge is 0.207 e. The van der Waals surface area contributed by atoms with Gasteiger partial charge in [-0.1, -0.05) is 42.0 Å². The van der Waals surface area contributed by atoms with Crippen LogP contribution in [0, 0.1) is 13.8 Å². The van der Waals surface area contributed by atoms with Gasteiger partial charge in [-0.05, 0) is 31.5 Å². The summed E-state index contributed by atoms with van der Waals surface area (Å²) in [6, 6.07) is 14.5. The van der Waals surface area contributed by atoms with Gasteiger partial charge in [-0.3, -0.25) is 0 Å². The number of aryl methyl sites for hydroxylation is 2. The highest BCUT2D eigenvalue weighted by molar-refractivity contribution is 7.89. The van der Waals surface area contributed by atoms with E-state index in [1.807, 2.05) is 38.1 Å². The number of rotatable bonds is 3. The second-order valence-corrected chi connectivity index (χ2v) is 9.11. The van der Waals surface area contributed by atoms with Crippen molar-refractivity contribution >= 4 is 10.0 Å². The van der Waals surface area contributed by atoms with E-state index in [9.17, 15) is 8.42 Å². The van der Waals surface area contributed by atoms with Crippen LogP contribution in [-0.4, -0.2) is 31.6 Å². The Labute approximate surface area is 164 Å². The van der Waals surface area contributed by atoms with Crippen molar-refractivity contribution in [2.24, 2.45) is 0 Å². The lowest BCUT2D eigenvalue weighted by molar-refractivity contribution is -0.633. The van der Waals surface area contributed by atoms with Gasteiger partial charge in [0.15, 0.2) is 0 Å². The molecule has 2 aromatic carbocycles. The van der Waals surface area contributed by atoms with Crippen LogP contribution < -0.4 is 0 Å². The normalized spacial score (nSPS) is 21.1. The van der Waals surface area contributed by atoms with E-state index < -0.39 is 22.1 Å². The number of benzene rings is 2. The first-order valence-corrected chi connectivity index (χ1v) is 10.7. The van der Waals surface area contributed by atoms with Gasteiger partial charge in [0.25, 0.3) is 0 Å². The average molecular weight is 405 g/mol. The second-order valence-electron chi connectivity index (χ2n) is 7.18. The van der Waals surface area contributed by atoms with Crippen LogP contribution in [0.4, 0.5) is 0 Å². The van der Waals surface area contributed by atoms with Crippen molar-refractivity contribution < 1.29 is 28.0 Å². The molecule has 2 aromatic rings. The topological polar surface area (TPSA) is 74.3 Å². The minimum atomic E-state index is -3.55. The Balaban J connectivity index is 1.39. The largest absolute Gasteiger partial charge is 0.250 e. The number of nitrogens with zero attached hydrogens (tertiary/aromatic N) is 1. The first kappa shape index (κ1) is 19.5. The third-order valence-electron chi connectivity index (χ3n) is 5.16. The van der Waals surface area contributed by atoms with E-state index in [4.69, 9.17) is 19.6 Å². The monoisotopic (exact) mass is 405 g/mol. The highest BCUT2D eigenvalue weighted by Crippen LogP contribution is 2.38. The molecule has 28 heavy (non-hydrogen) atoms. The summed E-state index contributed by atoms with van der Waals surface area (Å²) in [6.45, 7) is 4.36. The Hall–Kier alpha value is -1.81. The van der Waals surface area contributed by atoms with Crippen molar-refractivity contribution in [3.05, 3.63) is 65.2 Å². The summed E-state index contributed by atoms with van der Waals surface area (Å²) >= 11 is 0. The summed E-state index contributed by atoms with van der Waals surface area (Å²) < 4.78 is 27.1. The van der Waals surface area contributed by atoms with E-state index in [1.54, 1.807) is 24.3 Å². The Kier molecular flexibility index (Phi) is 5.26. The standard InChI is InChI=1S/C20H23NO6S/c1-15-7-9-17(10-8-15)28(22,23)21-13-11-20(12-14-21)26-24-19(25-27-20)18-6-4-3-5-16(18)2/h3-10,19H,11-14H2,1-2H3. The van der Waals surface area contributed by atoms with E-state index in [1.165, 1.54) is 4.31 Å². The zero-order valence-electron chi connectivity index (χ0n) is 15.8. The summed E-state index contributed by atoms with van der Waals surface area (Å²) in [5.41, 5.74) is 2.82. The fraction of sp³-hybridized carbons (Fsp3) is 0.400. The molecule has 0 amide bonds. The molecule has 2 aliphatic heterocycles. The van der Waals surface area contributed by atoms with Gasteiger partial charge in [0.1, 0.15) is 0 Å². The van der Waals surface area contributed by atoms with Crippen LogP contribution in [0.3, 0.4) is 0 Å². The zero-order valence-corrected chi connectivity index (χ0v) is 16.6. The Morgan fingerprint density at radius 2 is 1.54 bits per heavy atom. The van der Waals surface area contributed by atoms with Crippen molar-refractivity contribution in [2.75, 3.05) is 13.1 Å². The molecule has 4 rings (SSSR count). The summed E-state index contributed by atoms with van der Waals surface area (Å²) in [4.78, 5) is 22.3. The number of sulfonamides is 1. The first-order chi connectivity index (χ1) is 13.4. The van der Waals surface area contributed by atoms with Crippen molar-refractivity contribution in [3.8, 4) is 0 Å². The van der Waals surface area contributed by atoms with Crippen LogP contribution in [0.1, 0.15) is 35.8 Å². The van der Waals surface area contributed by atoms with Gasteiger partial charge in [-0.2, -0.15) is 23.9 Å². The van der Waals surface area contributed by atoms with Gasteiger partial charge >= 0.3 is 0 Å². The van der Waals surface area contributed by atoms with Gasteiger partial charge < -0.3 is 0 Å². The molecule has 0 N–H and O–H groups in total. The molecule has 7 nitrogen and oxygen atoms in total. The third-order valence-corrected chi connectivity index (χ3v) is 7.07. The summed E-state index contributed by atoms with van der Waals surface area (Å²) in [7, 11) is -3.55. The predicted molar refractivity (Wildman–Crippen MR) is 100 cm³/mol. The van der Waals surface area contributed by atoms with Crippen LogP contribution in [0.2, 0.25) is 0 Å². The van der Waals surface area contributed by atoms with Gasteiger partial charge in [0, 0.05) is 31.5 Å². The highest BCUT2D eigenvalue weighted by atomic mass is 32.2. The molecule has 1 spiro atoms. The van der Waals surface area contributed by atoms with E-state index in [0.717, 1.165) is 16.7 Å². The van der Waals surface area contributed by atoms with Gasteiger partial charge in [0.05, 0.1) is 4.90 Å². The van der Waals surface area contributed by atoms with Crippen molar-refractivity contribution in [1.82, 2.24) is 4.31 Å². The maximum absolute atomic E-state index is 12.8. The molecule has 2 heterocycles. The van der Waals surface area contributed by atoms with E-state index in [2.05, 4.69) is 0 Å². The van der Waals surface area contributed by atoms with E-state index in [0.29, 0.717) is 12.8 Å². The quantitative estimate of drug-likeness (QED) is 0.729. The molecule has 150 valence electrons. The lowest BCUT2D eigenvalue weighted by Crippen LogP contribution is -2.51. The molecular formula is C20H23NO6S. The molecule has 0 bridgehead atoms. The minimum Gasteiger partial charge on any atom is -0.207 e. The lowest BCUT2D eigenvalue weighted by Gasteiger charge is -2.41. The third kappa shape index (κ3) is 3.71. The summed E-state index contributed by atoms with van der Waals surface area (Å²) in [5, 5.41) is 0. The van der Waals surface area contributed by atoms with Crippen LogP contribution >= 0.6 is 0 Å². The number of piperidine rings is 1. The van der Waals surface area contributed by atoms with Crippen LogP contribution in [0.25, 0.3) is 0 Å². The van der Waals surface area contributed by atoms with Gasteiger partial charge in [-0.15, -0.1) is 0 Å². The van der Waals surface area contributed by atoms with Crippen LogP contribution in [0.15, 0.2) is 53.4 Å². The summed E-state index contributed by atoms with van der Waals surface area (Å²) in [5.74, 6) is -1.10. The highest BCUT2D eigenvalue weighted by Gasteiger charge is 2.46. The molecule has 2 saturated heterocycles. The fourth-order valence-corrected chi connectivity index (χ4v) is 4.78. The number of hydrogen-bond donors (Lipinski definition) is 0. The fourth-order valence-electron chi connectivity index (χ4n) is 3.34. The molecule has 2 aliphatic rings. The molecule has 0 atom stereocenters. The van der Waals surface area contributed by atoms with Crippen molar-refractivity contribution in [2.45, 2.75) is 43.7 Å². The summed E-state index contributed by atoms with van der Waals surface area (Å²) in [6.07, 6.45) is -0.168. The predicted octanol–water partition coefficient (Wildman–Crippen LogP) is 3.39. The van der Waals surface area contributed by atoms with Crippen molar-refractivity contribution in [1.29, 1.82) is 0 Å². The molecule has 0 radical (unpaired) electrons. The lowest BCUT2D eigenvalue weighted by atomic mass is 10.1. The Bertz CT molecular complexity index is 925. The molecule has 2 fully saturated rings. The SMILES string of the molecule is Cc1ccc(S(=O)(=O)N2CCC3(CC2)OOC(c2ccccc2C)OO3)cc1. The second kappa shape index (κ2) is 7.55. The first-order valence-electron chi connectivity index (χ1n) is 9.21. The molecule has 0 aliphatic carbocycles. The molecule has 0 saturated carbocycles. The molecule has 0 aromatic heterocycles. The van der Waals surface area contributed by atoms with Crippen LogP contribution in [0.5, 0.6) is 0 Å². The van der Waals surface area contributed by atoms with Crippen LogP contribution in [-0.2, 0) is 29.6 Å². The number of hydrogen-bond acceptors (Lipinski definition) is 6. The zero-order chi connectivity index (χ0) is 19.8. The van der Waals surface area contributed by atoms with Crippen molar-refractivity contribution in [3.63, 3.8) is 0 Å². The average Bonchev–Trinajstić information content (AvgIpc) is 2.70. The minimum absolute atomic E-state index is 0.248. The molecule has 0 unspecified atom stereocenters. The van der Waals surface area contributed by atoms with E-state index in [-0.39, 0.29) is 18.0 Å². The Morgan fingerprint density at radius 3 is 2.14 bits per heavy atom. The van der Waals surface area contributed by atoms with Gasteiger partial charge in [0.2, 0.25) is 22.1 Å². The van der Waals surface area contributed by atoms with Gasteiger partial charge in [-0.25, -0.2) is 8.42 Å². The maximum atomic E-state index is 12.8. The Morgan fingerprint density at radius 1 is 0.929 bits per heavy atom.